The van der Waals surface area contributed by atoms with Crippen LogP contribution in [0.4, 0.5) is 0 Å². The molecule has 268 valence electrons. The van der Waals surface area contributed by atoms with E-state index in [-0.39, 0.29) is 0 Å². The van der Waals surface area contributed by atoms with E-state index in [9.17, 15) is 0 Å². The molecule has 0 bridgehead atoms. The largest absolute Gasteiger partial charge is 0.277 e. The fourth-order valence-corrected chi connectivity index (χ4v) is 10.6. The van der Waals surface area contributed by atoms with Crippen molar-refractivity contribution in [2.45, 2.75) is 5.41 Å². The molecule has 2 aliphatic rings. The summed E-state index contributed by atoms with van der Waals surface area (Å²) in [6.07, 6.45) is 0. The van der Waals surface area contributed by atoms with Crippen LogP contribution in [0, 0.1) is 0 Å². The highest BCUT2D eigenvalue weighted by Gasteiger charge is 2.54. The van der Waals surface area contributed by atoms with Crippen LogP contribution >= 0.6 is 0 Å². The van der Waals surface area contributed by atoms with Crippen molar-refractivity contribution in [2.24, 2.45) is 0 Å². The van der Waals surface area contributed by atoms with Gasteiger partial charge in [0.25, 0.3) is 0 Å². The molecule has 0 radical (unpaired) electrons. The number of rotatable bonds is 3. The maximum Gasteiger partial charge on any atom is 0.235 e. The monoisotopic (exact) mass is 735 g/mol. The van der Waals surface area contributed by atoms with Crippen LogP contribution in [-0.4, -0.2) is 14.5 Å². The summed E-state index contributed by atoms with van der Waals surface area (Å²) in [4.78, 5) is 11.0. The van der Waals surface area contributed by atoms with E-state index >= 15 is 0 Å². The van der Waals surface area contributed by atoms with Crippen LogP contribution in [0.5, 0.6) is 0 Å². The van der Waals surface area contributed by atoms with Gasteiger partial charge in [0.1, 0.15) is 0 Å². The molecule has 0 saturated carbocycles. The van der Waals surface area contributed by atoms with Gasteiger partial charge < -0.3 is 0 Å². The first-order valence-electron chi connectivity index (χ1n) is 20.0. The summed E-state index contributed by atoms with van der Waals surface area (Å²) in [6.45, 7) is 0. The fraction of sp³-hybridized carbons (Fsp3) is 0.0182. The second-order valence-corrected chi connectivity index (χ2v) is 15.6. The fourth-order valence-electron chi connectivity index (χ4n) is 10.6. The Morgan fingerprint density at radius 3 is 1.72 bits per heavy atom. The zero-order chi connectivity index (χ0) is 38.0. The molecule has 3 nitrogen and oxygen atoms in total. The number of hydrogen-bond acceptors (Lipinski definition) is 2. The summed E-state index contributed by atoms with van der Waals surface area (Å²) in [7, 11) is 0. The van der Waals surface area contributed by atoms with Crippen molar-refractivity contribution in [1.29, 1.82) is 0 Å². The Bertz CT molecular complexity index is 3460. The van der Waals surface area contributed by atoms with Gasteiger partial charge in [-0.05, 0) is 79.0 Å². The number of hydrogen-bond donors (Lipinski definition) is 0. The van der Waals surface area contributed by atoms with E-state index in [0.29, 0.717) is 5.95 Å². The number of nitrogens with zero attached hydrogens (tertiary/aromatic N) is 3. The highest BCUT2D eigenvalue weighted by Crippen LogP contribution is 2.66. The van der Waals surface area contributed by atoms with Gasteiger partial charge in [0, 0.05) is 27.3 Å². The minimum atomic E-state index is -0.629. The molecule has 0 amide bonds. The SMILES string of the molecule is c1ccc(-c2ccc3c(c2)C2(c4ccccc4-c4ccccc42)c2c-3c3ccccc3c3c4ccccc4n(-c4nc(-c5ccccc5)c5ccccc5n4)c23)cc1. The predicted molar refractivity (Wildman–Crippen MR) is 239 cm³/mol. The van der Waals surface area contributed by atoms with Crippen LogP contribution in [0.25, 0.3) is 94.1 Å². The second-order valence-electron chi connectivity index (χ2n) is 15.6. The van der Waals surface area contributed by atoms with Crippen molar-refractivity contribution in [3.63, 3.8) is 0 Å². The van der Waals surface area contributed by atoms with Gasteiger partial charge in [-0.1, -0.05) is 182 Å². The van der Waals surface area contributed by atoms with Crippen molar-refractivity contribution in [3.05, 3.63) is 222 Å². The maximum absolute atomic E-state index is 5.58. The van der Waals surface area contributed by atoms with Crippen LogP contribution in [0.1, 0.15) is 22.3 Å². The van der Waals surface area contributed by atoms with Crippen LogP contribution in [-0.2, 0) is 5.41 Å². The average Bonchev–Trinajstić information content (AvgIpc) is 3.91. The Hall–Kier alpha value is -7.62. The third-order valence-electron chi connectivity index (χ3n) is 12.8. The van der Waals surface area contributed by atoms with Crippen LogP contribution < -0.4 is 0 Å². The number of para-hydroxylation sites is 2. The molecule has 2 aromatic heterocycles. The van der Waals surface area contributed by atoms with Gasteiger partial charge in [-0.15, -0.1) is 0 Å². The van der Waals surface area contributed by atoms with Crippen molar-refractivity contribution in [1.82, 2.24) is 14.5 Å². The first-order valence-corrected chi connectivity index (χ1v) is 20.0. The zero-order valence-electron chi connectivity index (χ0n) is 31.4. The molecule has 58 heavy (non-hydrogen) atoms. The lowest BCUT2D eigenvalue weighted by molar-refractivity contribution is 0.796. The Kier molecular flexibility index (Phi) is 6.37. The van der Waals surface area contributed by atoms with E-state index < -0.39 is 5.41 Å². The van der Waals surface area contributed by atoms with Gasteiger partial charge >= 0.3 is 0 Å². The summed E-state index contributed by atoms with van der Waals surface area (Å²) in [5.41, 5.74) is 17.2. The predicted octanol–water partition coefficient (Wildman–Crippen LogP) is 13.6. The molecule has 9 aromatic carbocycles. The van der Waals surface area contributed by atoms with Gasteiger partial charge in [0.15, 0.2) is 0 Å². The van der Waals surface area contributed by atoms with Crippen molar-refractivity contribution in [3.8, 4) is 50.6 Å². The molecule has 1 spiro atoms. The summed E-state index contributed by atoms with van der Waals surface area (Å²) in [5.74, 6) is 0.664. The molecule has 2 heterocycles. The first-order chi connectivity index (χ1) is 28.8. The van der Waals surface area contributed by atoms with Crippen molar-refractivity contribution < 1.29 is 0 Å². The minimum absolute atomic E-state index is 0.629. The second kappa shape index (κ2) is 11.7. The summed E-state index contributed by atoms with van der Waals surface area (Å²) >= 11 is 0. The van der Waals surface area contributed by atoms with Crippen LogP contribution in [0.15, 0.2) is 200 Å². The molecule has 0 unspecified atom stereocenters. The quantitative estimate of drug-likeness (QED) is 0.181. The molecule has 3 heteroatoms. The summed E-state index contributed by atoms with van der Waals surface area (Å²) in [6, 6.07) is 73.0. The molecular weight excluding hydrogens is 703 g/mol. The van der Waals surface area contributed by atoms with Gasteiger partial charge in [0.2, 0.25) is 5.95 Å². The molecule has 0 fully saturated rings. The highest BCUT2D eigenvalue weighted by atomic mass is 15.2. The first kappa shape index (κ1) is 31.6. The standard InChI is InChI=1S/C55H33N3/c1-3-17-34(18-4-1)36-31-32-41-46(33-36)55(44-27-13-9-21-37(44)38-22-10-14-28-45(38)55)51-49(41)39-23-7-8-24-40(39)50-43-26-12-16-30-48(43)58(53(50)51)54-56-47-29-15-11-25-42(47)52(57-54)35-19-5-2-6-20-35/h1-33H. The van der Waals surface area contributed by atoms with Gasteiger partial charge in [-0.25, -0.2) is 9.97 Å². The van der Waals surface area contributed by atoms with Crippen LogP contribution in [0.3, 0.4) is 0 Å². The Morgan fingerprint density at radius 2 is 0.983 bits per heavy atom. The lowest BCUT2D eigenvalue weighted by Crippen LogP contribution is -2.27. The van der Waals surface area contributed by atoms with E-state index in [2.05, 4.69) is 205 Å². The smallest absolute Gasteiger partial charge is 0.235 e. The van der Waals surface area contributed by atoms with Crippen molar-refractivity contribution in [2.75, 3.05) is 0 Å². The minimum Gasteiger partial charge on any atom is -0.277 e. The molecule has 0 aliphatic heterocycles. The highest BCUT2D eigenvalue weighted by molar-refractivity contribution is 6.27. The maximum atomic E-state index is 5.58. The molecule has 0 saturated heterocycles. The van der Waals surface area contributed by atoms with Crippen molar-refractivity contribution >= 4 is 43.5 Å². The molecule has 2 aliphatic carbocycles. The van der Waals surface area contributed by atoms with Gasteiger partial charge in [-0.2, -0.15) is 0 Å². The topological polar surface area (TPSA) is 30.7 Å². The third kappa shape index (κ3) is 4.02. The summed E-state index contributed by atoms with van der Waals surface area (Å²) < 4.78 is 2.39. The number of benzene rings is 9. The molecule has 0 atom stereocenters. The summed E-state index contributed by atoms with van der Waals surface area (Å²) in [5, 5.41) is 5.92. The molecule has 13 rings (SSSR count). The Balaban J connectivity index is 1.28. The Labute approximate surface area is 335 Å². The lowest BCUT2D eigenvalue weighted by Gasteiger charge is -2.32. The van der Waals surface area contributed by atoms with Crippen LogP contribution in [0.2, 0.25) is 0 Å². The van der Waals surface area contributed by atoms with E-state index in [4.69, 9.17) is 9.97 Å². The van der Waals surface area contributed by atoms with E-state index in [1.54, 1.807) is 0 Å². The third-order valence-corrected chi connectivity index (χ3v) is 12.8. The van der Waals surface area contributed by atoms with E-state index in [1.807, 2.05) is 0 Å². The molecule has 11 aromatic rings. The van der Waals surface area contributed by atoms with E-state index in [0.717, 1.165) is 33.2 Å². The average molecular weight is 736 g/mol. The molecular formula is C55H33N3. The van der Waals surface area contributed by atoms with E-state index in [1.165, 1.54) is 77.2 Å². The normalized spacial score (nSPS) is 13.3. The zero-order valence-corrected chi connectivity index (χ0v) is 31.4. The molecule has 0 N–H and O–H groups in total. The number of fused-ring (bicyclic) bond motifs is 18. The van der Waals surface area contributed by atoms with Gasteiger partial charge in [0.05, 0.1) is 27.7 Å². The lowest BCUT2D eigenvalue weighted by atomic mass is 9.69. The Morgan fingerprint density at radius 1 is 0.397 bits per heavy atom. The van der Waals surface area contributed by atoms with Gasteiger partial charge in [-0.3, -0.25) is 4.57 Å². The number of aromatic nitrogens is 3.